The van der Waals surface area contributed by atoms with Gasteiger partial charge in [0.15, 0.2) is 29.1 Å². The molecule has 1 aliphatic heterocycles. The Bertz CT molecular complexity index is 1190. The van der Waals surface area contributed by atoms with Gasteiger partial charge in [0.2, 0.25) is 5.75 Å². The second-order valence-electron chi connectivity index (χ2n) is 8.25. The maximum Gasteiger partial charge on any atom is 0.320 e. The van der Waals surface area contributed by atoms with E-state index in [9.17, 15) is 9.18 Å². The average molecular weight is 487 g/mol. The number of methoxy groups -OCH3 is 3. The number of hydrogen-bond donors (Lipinski definition) is 4. The summed E-state index contributed by atoms with van der Waals surface area (Å²) in [4.78, 5) is 26.8. The van der Waals surface area contributed by atoms with Crippen molar-refractivity contribution in [1.82, 2.24) is 20.3 Å². The minimum atomic E-state index is -1.09. The van der Waals surface area contributed by atoms with Crippen molar-refractivity contribution < 1.29 is 28.3 Å². The summed E-state index contributed by atoms with van der Waals surface area (Å²) in [6.07, 6.45) is 1.05. The van der Waals surface area contributed by atoms with Crippen LogP contribution in [0.25, 0.3) is 11.2 Å². The predicted molar refractivity (Wildman–Crippen MR) is 129 cm³/mol. The zero-order valence-electron chi connectivity index (χ0n) is 20.0. The molecule has 4 N–H and O–H groups in total. The summed E-state index contributed by atoms with van der Waals surface area (Å²) in [5.41, 5.74) is 1.52. The number of pyridine rings is 1. The lowest BCUT2D eigenvalue weighted by atomic mass is 10.0. The number of nitrogens with one attached hydrogen (secondary N) is 4. The van der Waals surface area contributed by atoms with Crippen LogP contribution in [0.15, 0.2) is 30.5 Å². The molecule has 4 rings (SSSR count). The van der Waals surface area contributed by atoms with E-state index in [0.29, 0.717) is 52.9 Å². The van der Waals surface area contributed by atoms with Gasteiger partial charge < -0.3 is 29.7 Å². The quantitative estimate of drug-likeness (QED) is 0.397. The van der Waals surface area contributed by atoms with E-state index in [1.165, 1.54) is 21.3 Å². The molecule has 2 amide bonds. The molecule has 3 aromatic rings. The molecule has 3 unspecified atom stereocenters. The second kappa shape index (κ2) is 10.6. The average Bonchev–Trinajstić information content (AvgIpc) is 2.84. The van der Waals surface area contributed by atoms with Crippen molar-refractivity contribution in [3.05, 3.63) is 30.5 Å². The van der Waals surface area contributed by atoms with Gasteiger partial charge in [-0.3, -0.25) is 5.32 Å². The van der Waals surface area contributed by atoms with Crippen molar-refractivity contribution >= 4 is 34.5 Å². The Morgan fingerprint density at radius 1 is 1.09 bits per heavy atom. The first-order chi connectivity index (χ1) is 16.9. The minimum Gasteiger partial charge on any atom is -0.493 e. The second-order valence-corrected chi connectivity index (χ2v) is 8.25. The molecular formula is C23H29FN7O4+. The smallest absolute Gasteiger partial charge is 0.320 e. The van der Waals surface area contributed by atoms with E-state index in [1.54, 1.807) is 30.5 Å². The molecule has 186 valence electrons. The Balaban J connectivity index is 1.49. The van der Waals surface area contributed by atoms with Crippen LogP contribution in [0.2, 0.25) is 0 Å². The number of alkyl halides is 1. The number of urea groups is 1. The number of halogens is 1. The third-order valence-corrected chi connectivity index (χ3v) is 5.76. The van der Waals surface area contributed by atoms with Crippen LogP contribution in [0, 0.1) is 0 Å². The normalized spacial score (nSPS) is 19.6. The highest BCUT2D eigenvalue weighted by Crippen LogP contribution is 2.40. The van der Waals surface area contributed by atoms with Gasteiger partial charge in [-0.2, -0.15) is 0 Å². The third kappa shape index (κ3) is 5.60. The molecule has 1 saturated heterocycles. The molecule has 11 nitrogen and oxygen atoms in total. The molecule has 2 aromatic heterocycles. The molecule has 0 aliphatic carbocycles. The lowest BCUT2D eigenvalue weighted by Gasteiger charge is -2.30. The fourth-order valence-electron chi connectivity index (χ4n) is 3.97. The largest absolute Gasteiger partial charge is 0.493 e. The van der Waals surface area contributed by atoms with Gasteiger partial charge in [0.05, 0.1) is 47.2 Å². The molecule has 3 heterocycles. The Morgan fingerprint density at radius 3 is 2.46 bits per heavy atom. The van der Waals surface area contributed by atoms with E-state index in [-0.39, 0.29) is 5.82 Å². The summed E-state index contributed by atoms with van der Waals surface area (Å²) >= 11 is 0. The number of piperidine rings is 1. The standard InChI is InChI=1S/C23H28FN7O4/c1-31-8-7-15(14(24)12-31)27-23(32)30-19-6-5-16-22(28-19)29-20(11-25-16)26-13-9-17(33-2)21(35-4)18(10-13)34-3/h5-6,9-11,14-15H,7-8,12H2,1-4H3,(H3,26,27,28,29,30,32)/p+1. The fourth-order valence-corrected chi connectivity index (χ4v) is 3.97. The SMILES string of the molecule is COc1cc(Nc2cnc3ccc(NC(=O)NC4CC[NH+](C)CC4F)nc3n2)cc(OC)c1OC. The monoisotopic (exact) mass is 486 g/mol. The number of anilines is 3. The van der Waals surface area contributed by atoms with Gasteiger partial charge in [-0.05, 0) is 12.1 Å². The number of quaternary nitrogens is 1. The number of amides is 2. The van der Waals surface area contributed by atoms with E-state index >= 15 is 0 Å². The van der Waals surface area contributed by atoms with E-state index in [2.05, 4.69) is 30.9 Å². The van der Waals surface area contributed by atoms with Crippen LogP contribution in [0.4, 0.5) is 26.5 Å². The Morgan fingerprint density at radius 2 is 1.80 bits per heavy atom. The van der Waals surface area contributed by atoms with Crippen molar-refractivity contribution in [2.24, 2.45) is 0 Å². The highest BCUT2D eigenvalue weighted by atomic mass is 19.1. The molecule has 3 atom stereocenters. The molecule has 35 heavy (non-hydrogen) atoms. The molecule has 0 spiro atoms. The number of likely N-dealkylation sites (tertiary alicyclic amines) is 1. The lowest BCUT2D eigenvalue weighted by Crippen LogP contribution is -3.12. The van der Waals surface area contributed by atoms with Crippen LogP contribution in [-0.4, -0.2) is 74.7 Å². The molecule has 1 aliphatic rings. The Labute approximate surface area is 202 Å². The first kappa shape index (κ1) is 24.2. The number of hydrogen-bond acceptors (Lipinski definition) is 8. The number of carbonyl (C=O) groups is 1. The van der Waals surface area contributed by atoms with Crippen molar-refractivity contribution in [3.63, 3.8) is 0 Å². The summed E-state index contributed by atoms with van der Waals surface area (Å²) < 4.78 is 30.4. The van der Waals surface area contributed by atoms with Gasteiger partial charge in [-0.15, -0.1) is 0 Å². The van der Waals surface area contributed by atoms with E-state index < -0.39 is 18.2 Å². The van der Waals surface area contributed by atoms with Crippen LogP contribution < -0.4 is 35.1 Å². The maximum atomic E-state index is 14.2. The number of benzene rings is 1. The van der Waals surface area contributed by atoms with Crippen LogP contribution in [-0.2, 0) is 0 Å². The van der Waals surface area contributed by atoms with Crippen molar-refractivity contribution in [2.45, 2.75) is 18.6 Å². The predicted octanol–water partition coefficient (Wildman–Crippen LogP) is 1.54. The molecule has 12 heteroatoms. The highest BCUT2D eigenvalue weighted by molar-refractivity contribution is 5.89. The Kier molecular flexibility index (Phi) is 7.30. The molecule has 0 saturated carbocycles. The third-order valence-electron chi connectivity index (χ3n) is 5.76. The number of ether oxygens (including phenoxy) is 3. The number of nitrogens with zero attached hydrogens (tertiary/aromatic N) is 3. The van der Waals surface area contributed by atoms with Gasteiger partial charge in [-0.1, -0.05) is 0 Å². The zero-order valence-corrected chi connectivity index (χ0v) is 20.0. The van der Waals surface area contributed by atoms with Gasteiger partial charge >= 0.3 is 6.03 Å². The molecule has 0 radical (unpaired) electrons. The topological polar surface area (TPSA) is 124 Å². The molecular weight excluding hydrogens is 457 g/mol. The lowest BCUT2D eigenvalue weighted by molar-refractivity contribution is -0.887. The summed E-state index contributed by atoms with van der Waals surface area (Å²) in [5, 5.41) is 8.50. The van der Waals surface area contributed by atoms with E-state index in [1.807, 2.05) is 7.05 Å². The van der Waals surface area contributed by atoms with Gasteiger partial charge in [0.25, 0.3) is 0 Å². The summed E-state index contributed by atoms with van der Waals surface area (Å²) in [6.45, 7) is 1.17. The number of aromatic nitrogens is 3. The summed E-state index contributed by atoms with van der Waals surface area (Å²) in [7, 11) is 6.54. The van der Waals surface area contributed by atoms with Crippen LogP contribution in [0.5, 0.6) is 17.2 Å². The first-order valence-corrected chi connectivity index (χ1v) is 11.1. The van der Waals surface area contributed by atoms with Gasteiger partial charge in [0, 0.05) is 24.2 Å². The van der Waals surface area contributed by atoms with Crippen molar-refractivity contribution in [3.8, 4) is 17.2 Å². The van der Waals surface area contributed by atoms with Crippen molar-refractivity contribution in [1.29, 1.82) is 0 Å². The zero-order chi connectivity index (χ0) is 24.9. The molecule has 1 fully saturated rings. The summed E-state index contributed by atoms with van der Waals surface area (Å²) in [6, 6.07) is 5.77. The molecule has 1 aromatic carbocycles. The summed E-state index contributed by atoms with van der Waals surface area (Å²) in [5.74, 6) is 2.15. The first-order valence-electron chi connectivity index (χ1n) is 11.1. The van der Waals surface area contributed by atoms with Crippen LogP contribution in [0.3, 0.4) is 0 Å². The van der Waals surface area contributed by atoms with Crippen LogP contribution >= 0.6 is 0 Å². The van der Waals surface area contributed by atoms with Gasteiger partial charge in [-0.25, -0.2) is 24.1 Å². The van der Waals surface area contributed by atoms with E-state index in [4.69, 9.17) is 14.2 Å². The maximum absolute atomic E-state index is 14.2. The minimum absolute atomic E-state index is 0.281. The van der Waals surface area contributed by atoms with Gasteiger partial charge in [0.1, 0.15) is 17.9 Å². The van der Waals surface area contributed by atoms with Crippen LogP contribution in [0.1, 0.15) is 6.42 Å². The molecule has 0 bridgehead atoms. The van der Waals surface area contributed by atoms with E-state index in [0.717, 1.165) is 11.4 Å². The number of fused-ring (bicyclic) bond motifs is 1. The number of carbonyl (C=O) groups excluding carboxylic acids is 1. The highest BCUT2D eigenvalue weighted by Gasteiger charge is 2.31. The number of rotatable bonds is 7. The fraction of sp³-hybridized carbons (Fsp3) is 0.391. The van der Waals surface area contributed by atoms with Crippen molar-refractivity contribution in [2.75, 3.05) is 52.1 Å². The Hall–Kier alpha value is -3.93.